The topological polar surface area (TPSA) is 100 Å². The van der Waals surface area contributed by atoms with Gasteiger partial charge in [0.05, 0.1) is 23.9 Å². The lowest BCUT2D eigenvalue weighted by Gasteiger charge is -2.44. The van der Waals surface area contributed by atoms with Crippen LogP contribution in [0.15, 0.2) is 36.5 Å². The van der Waals surface area contributed by atoms with E-state index < -0.39 is 0 Å². The number of imidazole rings is 1. The van der Waals surface area contributed by atoms with Crippen molar-refractivity contribution in [3.8, 4) is 17.3 Å². The number of rotatable bonds is 8. The zero-order chi connectivity index (χ0) is 29.1. The van der Waals surface area contributed by atoms with Crippen LogP contribution in [0.25, 0.3) is 33.6 Å². The van der Waals surface area contributed by atoms with E-state index >= 15 is 0 Å². The normalized spacial score (nSPS) is 26.2. The molecule has 9 nitrogen and oxygen atoms in total. The minimum atomic E-state index is -0.0866. The summed E-state index contributed by atoms with van der Waals surface area (Å²) < 4.78 is 16.2. The van der Waals surface area contributed by atoms with Gasteiger partial charge in [0.2, 0.25) is 0 Å². The van der Waals surface area contributed by atoms with Crippen LogP contribution in [0.2, 0.25) is 0 Å². The second-order valence-electron chi connectivity index (χ2n) is 12.2. The van der Waals surface area contributed by atoms with Crippen molar-refractivity contribution >= 4 is 28.0 Å². The molecule has 1 aliphatic carbocycles. The fraction of sp³-hybridized carbons (Fsp3) is 0.531. The van der Waals surface area contributed by atoms with Gasteiger partial charge in [-0.1, -0.05) is 13.3 Å². The van der Waals surface area contributed by atoms with Crippen LogP contribution in [0.4, 0.5) is 0 Å². The molecule has 6 rings (SSSR count). The van der Waals surface area contributed by atoms with Crippen LogP contribution in [0, 0.1) is 11.8 Å². The van der Waals surface area contributed by atoms with Gasteiger partial charge in [0.1, 0.15) is 16.9 Å². The Morgan fingerprint density at radius 1 is 1.17 bits per heavy atom. The van der Waals surface area contributed by atoms with Gasteiger partial charge in [0.25, 0.3) is 5.91 Å². The summed E-state index contributed by atoms with van der Waals surface area (Å²) in [5, 5.41) is 1.08. The maximum Gasteiger partial charge on any atom is 0.254 e. The van der Waals surface area contributed by atoms with Crippen molar-refractivity contribution in [2.75, 3.05) is 20.8 Å². The van der Waals surface area contributed by atoms with E-state index in [2.05, 4.69) is 47.0 Å². The van der Waals surface area contributed by atoms with E-state index in [1.165, 1.54) is 0 Å². The summed E-state index contributed by atoms with van der Waals surface area (Å²) in [4.78, 5) is 25.6. The van der Waals surface area contributed by atoms with Crippen LogP contribution in [0.5, 0.6) is 5.75 Å². The van der Waals surface area contributed by atoms with Gasteiger partial charge in [-0.2, -0.15) is 0 Å². The standard InChI is InChI=1S/C32H42N6O3/c1-7-21-18-37(19(3)27(21)33)31(39)23-12-24-28(26(14-23)40-5)38(17-20-15-32(4,16-20)41-6)30(35-24)25-13-22-10-9-11-34-29(22)36(25)8-2/h9-14,19-21,27H,7-8,15-18,33H2,1-6H3. The van der Waals surface area contributed by atoms with E-state index in [-0.39, 0.29) is 23.6 Å². The molecule has 3 unspecified atom stereocenters. The smallest absolute Gasteiger partial charge is 0.254 e. The second-order valence-corrected chi connectivity index (χ2v) is 12.2. The van der Waals surface area contributed by atoms with E-state index in [0.29, 0.717) is 29.7 Å². The predicted octanol–water partition coefficient (Wildman–Crippen LogP) is 5.09. The van der Waals surface area contributed by atoms with E-state index in [1.54, 1.807) is 14.2 Å². The van der Waals surface area contributed by atoms with Crippen LogP contribution in [-0.4, -0.2) is 68.4 Å². The first kappa shape index (κ1) is 27.7. The largest absolute Gasteiger partial charge is 0.494 e. The van der Waals surface area contributed by atoms with E-state index in [0.717, 1.165) is 65.9 Å². The van der Waals surface area contributed by atoms with Gasteiger partial charge in [0.15, 0.2) is 5.82 Å². The number of pyridine rings is 1. The molecular formula is C32H42N6O3. The minimum absolute atomic E-state index is 0.0229. The SMILES string of the molecule is CCC1CN(C(=O)c2cc(OC)c3c(c2)nc(-c2cc4cccnc4n2CC)n3CC2CC(C)(OC)C2)C(C)C1N. The molecule has 4 aromatic rings. The maximum atomic E-state index is 13.8. The third-order valence-electron chi connectivity index (χ3n) is 9.66. The molecule has 1 saturated heterocycles. The number of benzene rings is 1. The molecule has 2 N–H and O–H groups in total. The molecule has 1 saturated carbocycles. The van der Waals surface area contributed by atoms with Crippen LogP contribution < -0.4 is 10.5 Å². The van der Waals surface area contributed by atoms with Gasteiger partial charge in [-0.05, 0) is 75.8 Å². The summed E-state index contributed by atoms with van der Waals surface area (Å²) in [6.45, 7) is 10.7. The minimum Gasteiger partial charge on any atom is -0.494 e. The Kier molecular flexibility index (Phi) is 7.06. The lowest BCUT2D eigenvalue weighted by molar-refractivity contribution is -0.0937. The van der Waals surface area contributed by atoms with Crippen molar-refractivity contribution in [1.82, 2.24) is 24.0 Å². The molecule has 9 heteroatoms. The van der Waals surface area contributed by atoms with Crippen molar-refractivity contribution in [3.63, 3.8) is 0 Å². The van der Waals surface area contributed by atoms with Gasteiger partial charge in [-0.15, -0.1) is 0 Å². The highest BCUT2D eigenvalue weighted by Crippen LogP contribution is 2.43. The molecule has 218 valence electrons. The number of carbonyl (C=O) groups excluding carboxylic acids is 1. The zero-order valence-electron chi connectivity index (χ0n) is 25.1. The summed E-state index contributed by atoms with van der Waals surface area (Å²) in [5.74, 6) is 2.23. The lowest BCUT2D eigenvalue weighted by atomic mass is 9.72. The monoisotopic (exact) mass is 558 g/mol. The molecule has 2 aliphatic rings. The Balaban J connectivity index is 1.49. The van der Waals surface area contributed by atoms with Crippen molar-refractivity contribution in [1.29, 1.82) is 0 Å². The summed E-state index contributed by atoms with van der Waals surface area (Å²) in [6, 6.07) is 9.97. The fourth-order valence-electron chi connectivity index (χ4n) is 7.17. The number of hydrogen-bond acceptors (Lipinski definition) is 6. The molecule has 4 heterocycles. The highest BCUT2D eigenvalue weighted by atomic mass is 16.5. The number of amides is 1. The van der Waals surface area contributed by atoms with Crippen LogP contribution in [0.1, 0.15) is 57.3 Å². The Morgan fingerprint density at radius 2 is 1.95 bits per heavy atom. The Hall–Kier alpha value is -3.43. The molecule has 1 aliphatic heterocycles. The van der Waals surface area contributed by atoms with Crippen molar-refractivity contribution in [2.45, 2.75) is 77.7 Å². The quantitative estimate of drug-likeness (QED) is 0.323. The number of nitrogens with zero attached hydrogens (tertiary/aromatic N) is 5. The molecule has 3 aromatic heterocycles. The molecule has 2 fully saturated rings. The van der Waals surface area contributed by atoms with E-state index in [4.69, 9.17) is 20.2 Å². The van der Waals surface area contributed by atoms with E-state index in [9.17, 15) is 4.79 Å². The number of nitrogens with two attached hydrogens (primary N) is 1. The first-order chi connectivity index (χ1) is 19.7. The van der Waals surface area contributed by atoms with Crippen molar-refractivity contribution in [2.24, 2.45) is 17.6 Å². The van der Waals surface area contributed by atoms with Crippen molar-refractivity contribution < 1.29 is 14.3 Å². The van der Waals surface area contributed by atoms with E-state index in [1.807, 2.05) is 36.2 Å². The van der Waals surface area contributed by atoms with Crippen LogP contribution >= 0.6 is 0 Å². The van der Waals surface area contributed by atoms with Gasteiger partial charge < -0.3 is 29.2 Å². The molecule has 0 radical (unpaired) electrons. The number of ether oxygens (including phenoxy) is 2. The zero-order valence-corrected chi connectivity index (χ0v) is 25.1. The number of likely N-dealkylation sites (tertiary alicyclic amines) is 1. The van der Waals surface area contributed by atoms with Gasteiger partial charge in [-0.25, -0.2) is 9.97 Å². The molecule has 41 heavy (non-hydrogen) atoms. The summed E-state index contributed by atoms with van der Waals surface area (Å²) in [6.07, 6.45) is 4.74. The molecule has 0 spiro atoms. The Morgan fingerprint density at radius 3 is 2.61 bits per heavy atom. The van der Waals surface area contributed by atoms with Gasteiger partial charge >= 0.3 is 0 Å². The molecule has 1 amide bonds. The number of aryl methyl sites for hydroxylation is 1. The van der Waals surface area contributed by atoms with Crippen molar-refractivity contribution in [3.05, 3.63) is 42.1 Å². The highest BCUT2D eigenvalue weighted by molar-refractivity contribution is 6.00. The lowest BCUT2D eigenvalue weighted by Crippen LogP contribution is -2.44. The average molecular weight is 559 g/mol. The number of methoxy groups -OCH3 is 2. The second kappa shape index (κ2) is 10.4. The van der Waals surface area contributed by atoms with Gasteiger partial charge in [-0.3, -0.25) is 4.79 Å². The first-order valence-electron chi connectivity index (χ1n) is 14.9. The van der Waals surface area contributed by atoms with Crippen LogP contribution in [0.3, 0.4) is 0 Å². The molecule has 3 atom stereocenters. The number of hydrogen-bond donors (Lipinski definition) is 1. The van der Waals surface area contributed by atoms with Crippen LogP contribution in [-0.2, 0) is 17.8 Å². The Labute approximate surface area is 241 Å². The molecule has 0 bridgehead atoms. The molecule has 1 aromatic carbocycles. The predicted molar refractivity (Wildman–Crippen MR) is 161 cm³/mol. The highest BCUT2D eigenvalue weighted by Gasteiger charge is 2.42. The number of aromatic nitrogens is 4. The Bertz CT molecular complexity index is 1600. The first-order valence-corrected chi connectivity index (χ1v) is 14.9. The average Bonchev–Trinajstić information content (AvgIpc) is 3.61. The van der Waals surface area contributed by atoms with Gasteiger partial charge in [0, 0.05) is 56.0 Å². The molecular weight excluding hydrogens is 516 g/mol. The summed E-state index contributed by atoms with van der Waals surface area (Å²) >= 11 is 0. The third kappa shape index (κ3) is 4.50. The maximum absolute atomic E-state index is 13.8. The summed E-state index contributed by atoms with van der Waals surface area (Å²) in [7, 11) is 3.46. The third-order valence-corrected chi connectivity index (χ3v) is 9.66. The fourth-order valence-corrected chi connectivity index (χ4v) is 7.17. The summed E-state index contributed by atoms with van der Waals surface area (Å²) in [5.41, 5.74) is 10.6. The number of fused-ring (bicyclic) bond motifs is 2. The number of carbonyl (C=O) groups is 1.